The Bertz CT molecular complexity index is 1510. The minimum atomic E-state index is -0.742. The van der Waals surface area contributed by atoms with Crippen LogP contribution in [0.15, 0.2) is 50.1 Å². The zero-order valence-corrected chi connectivity index (χ0v) is 27.3. The fourth-order valence-corrected chi connectivity index (χ4v) is 8.24. The number of phenolic OH excluding ortho intramolecular Hbond substituents is 1. The molecule has 3 aliphatic heterocycles. The molecule has 0 saturated carbocycles. The minimum absolute atomic E-state index is 0.00581. The van der Waals surface area contributed by atoms with E-state index in [9.17, 15) is 19.5 Å². The van der Waals surface area contributed by atoms with E-state index in [1.54, 1.807) is 17.0 Å². The number of likely N-dealkylation sites (tertiary alicyclic amines) is 3. The van der Waals surface area contributed by atoms with Gasteiger partial charge in [-0.25, -0.2) is 9.59 Å². The van der Waals surface area contributed by atoms with Gasteiger partial charge in [0.2, 0.25) is 5.91 Å². The minimum Gasteiger partial charge on any atom is -0.506 e. The molecular weight excluding hydrogens is 680 g/mol. The second kappa shape index (κ2) is 13.0. The number of amides is 3. The summed E-state index contributed by atoms with van der Waals surface area (Å²) in [6.45, 7) is 4.63. The topological polar surface area (TPSA) is 114 Å². The van der Waals surface area contributed by atoms with Crippen LogP contribution < -0.4 is 11.0 Å². The molecule has 230 valence electrons. The monoisotopic (exact) mass is 716 g/mol. The van der Waals surface area contributed by atoms with Gasteiger partial charge in [-0.2, -0.15) is 0 Å². The standard InChI is InChI=1S/C31H38Br2N6O4/c32-23-17-20(18-24(33)28(23)40)19-26(29(41)37-13-7-21(8-14-37)36-11-3-4-12-36)35-30(42)38-15-9-22(10-16-38)39-27-6-2-1-5-25(27)34-31(39)43/h1-2,5-6,17-18,21-22,26,40H,3-4,7-16,19H2,(H,34,43)(H,35,42)/t26-/m1/s1. The normalized spacial score (nSPS) is 19.7. The summed E-state index contributed by atoms with van der Waals surface area (Å²) in [5, 5.41) is 13.3. The van der Waals surface area contributed by atoms with Crippen molar-refractivity contribution >= 4 is 54.8 Å². The highest BCUT2D eigenvalue weighted by Gasteiger charge is 2.34. The molecule has 3 aromatic rings. The molecule has 0 spiro atoms. The Balaban J connectivity index is 1.13. The van der Waals surface area contributed by atoms with Crippen LogP contribution in [0.2, 0.25) is 0 Å². The van der Waals surface area contributed by atoms with Crippen LogP contribution in [0.1, 0.15) is 50.1 Å². The van der Waals surface area contributed by atoms with Gasteiger partial charge in [-0.3, -0.25) is 9.36 Å². The summed E-state index contributed by atoms with van der Waals surface area (Å²) in [5.74, 6) is 0.0191. The highest BCUT2D eigenvalue weighted by atomic mass is 79.9. The molecule has 10 nitrogen and oxygen atoms in total. The Kier molecular flexibility index (Phi) is 9.16. The number of nitrogens with zero attached hydrogens (tertiary/aromatic N) is 4. The van der Waals surface area contributed by atoms with Crippen LogP contribution in [0, 0.1) is 0 Å². The number of urea groups is 1. The molecule has 1 aromatic heterocycles. The van der Waals surface area contributed by atoms with Gasteiger partial charge in [-0.15, -0.1) is 0 Å². The highest BCUT2D eigenvalue weighted by molar-refractivity contribution is 9.11. The molecule has 0 aliphatic carbocycles. The van der Waals surface area contributed by atoms with Crippen LogP contribution in [0.3, 0.4) is 0 Å². The number of rotatable bonds is 6. The van der Waals surface area contributed by atoms with Crippen molar-refractivity contribution in [2.24, 2.45) is 0 Å². The van der Waals surface area contributed by atoms with E-state index >= 15 is 0 Å². The Morgan fingerprint density at radius 2 is 1.51 bits per heavy atom. The van der Waals surface area contributed by atoms with Gasteiger partial charge in [0.15, 0.2) is 0 Å². The molecule has 3 saturated heterocycles. The number of halogens is 2. The van der Waals surface area contributed by atoms with Gasteiger partial charge < -0.3 is 30.1 Å². The van der Waals surface area contributed by atoms with E-state index in [1.165, 1.54) is 12.8 Å². The number of carbonyl (C=O) groups is 2. The van der Waals surface area contributed by atoms with Crippen LogP contribution >= 0.6 is 31.9 Å². The van der Waals surface area contributed by atoms with Gasteiger partial charge >= 0.3 is 11.7 Å². The van der Waals surface area contributed by atoms with Crippen LogP contribution in [0.25, 0.3) is 11.0 Å². The molecule has 0 bridgehead atoms. The lowest BCUT2D eigenvalue weighted by Crippen LogP contribution is -2.56. The first kappa shape index (κ1) is 30.2. The number of aromatic amines is 1. The lowest BCUT2D eigenvalue weighted by Gasteiger charge is -2.38. The third-order valence-electron chi connectivity index (χ3n) is 9.29. The van der Waals surface area contributed by atoms with Crippen LogP contribution in [-0.2, 0) is 11.2 Å². The Morgan fingerprint density at radius 1 is 0.907 bits per heavy atom. The molecule has 3 fully saturated rings. The van der Waals surface area contributed by atoms with E-state index < -0.39 is 6.04 Å². The summed E-state index contributed by atoms with van der Waals surface area (Å²) in [4.78, 5) is 49.3. The van der Waals surface area contributed by atoms with Crippen LogP contribution in [-0.4, -0.2) is 92.6 Å². The summed E-state index contributed by atoms with van der Waals surface area (Å²) < 4.78 is 2.86. The number of imidazole rings is 1. The van der Waals surface area contributed by atoms with Crippen molar-refractivity contribution in [3.8, 4) is 5.75 Å². The molecular formula is C31H38Br2N6O4. The Hall–Kier alpha value is -2.83. The number of hydrogen-bond donors (Lipinski definition) is 3. The zero-order chi connectivity index (χ0) is 30.1. The number of aromatic nitrogens is 2. The number of nitrogens with one attached hydrogen (secondary N) is 2. The predicted molar refractivity (Wildman–Crippen MR) is 172 cm³/mol. The maximum absolute atomic E-state index is 13.9. The number of para-hydroxylation sites is 2. The molecule has 3 N–H and O–H groups in total. The molecule has 4 heterocycles. The van der Waals surface area contributed by atoms with Crippen molar-refractivity contribution in [2.75, 3.05) is 39.3 Å². The molecule has 2 aromatic carbocycles. The first-order valence-electron chi connectivity index (χ1n) is 15.2. The van der Waals surface area contributed by atoms with Crippen molar-refractivity contribution in [3.05, 3.63) is 61.4 Å². The van der Waals surface area contributed by atoms with Gasteiger partial charge in [0.25, 0.3) is 0 Å². The average molecular weight is 718 g/mol. The quantitative estimate of drug-likeness (QED) is 0.345. The molecule has 6 rings (SSSR count). The fraction of sp³-hybridized carbons (Fsp3) is 0.516. The zero-order valence-electron chi connectivity index (χ0n) is 24.1. The number of piperidine rings is 2. The van der Waals surface area contributed by atoms with Crippen molar-refractivity contribution in [1.82, 2.24) is 29.6 Å². The fourth-order valence-electron chi connectivity index (χ4n) is 6.95. The first-order valence-corrected chi connectivity index (χ1v) is 16.8. The molecule has 12 heteroatoms. The Morgan fingerprint density at radius 3 is 2.19 bits per heavy atom. The predicted octanol–water partition coefficient (Wildman–Crippen LogP) is 4.60. The van der Waals surface area contributed by atoms with E-state index in [4.69, 9.17) is 0 Å². The number of H-pyrrole nitrogens is 1. The second-order valence-corrected chi connectivity index (χ2v) is 13.7. The second-order valence-electron chi connectivity index (χ2n) is 11.9. The number of carbonyl (C=O) groups excluding carboxylic acids is 2. The lowest BCUT2D eigenvalue weighted by molar-refractivity contribution is -0.134. The van der Waals surface area contributed by atoms with Crippen molar-refractivity contribution in [2.45, 2.75) is 63.1 Å². The molecule has 3 amide bonds. The van der Waals surface area contributed by atoms with E-state index in [-0.39, 0.29) is 29.4 Å². The molecule has 3 aliphatic rings. The number of fused-ring (bicyclic) bond motifs is 1. The van der Waals surface area contributed by atoms with Gasteiger partial charge in [-0.05, 0) is 113 Å². The molecule has 1 atom stereocenters. The number of benzene rings is 2. The van der Waals surface area contributed by atoms with Crippen LogP contribution in [0.4, 0.5) is 4.79 Å². The molecule has 0 radical (unpaired) electrons. The van der Waals surface area contributed by atoms with E-state index in [0.29, 0.717) is 60.4 Å². The van der Waals surface area contributed by atoms with Gasteiger partial charge in [0.1, 0.15) is 11.8 Å². The average Bonchev–Trinajstić information content (AvgIpc) is 3.67. The number of phenols is 1. The number of aromatic hydroxyl groups is 1. The molecule has 43 heavy (non-hydrogen) atoms. The lowest BCUT2D eigenvalue weighted by atomic mass is 10.00. The van der Waals surface area contributed by atoms with Gasteiger partial charge in [0, 0.05) is 44.7 Å². The van der Waals surface area contributed by atoms with Crippen LogP contribution in [0.5, 0.6) is 5.75 Å². The first-order chi connectivity index (χ1) is 20.8. The summed E-state index contributed by atoms with van der Waals surface area (Å²) in [7, 11) is 0. The third-order valence-corrected chi connectivity index (χ3v) is 10.5. The van der Waals surface area contributed by atoms with E-state index in [0.717, 1.165) is 42.5 Å². The van der Waals surface area contributed by atoms with E-state index in [1.807, 2.05) is 33.7 Å². The van der Waals surface area contributed by atoms with Crippen molar-refractivity contribution in [3.63, 3.8) is 0 Å². The summed E-state index contributed by atoms with van der Waals surface area (Å²) >= 11 is 6.79. The number of hydrogen-bond acceptors (Lipinski definition) is 5. The SMILES string of the molecule is O=C(N[C@H](Cc1cc(Br)c(O)c(Br)c1)C(=O)N1CCC(N2CCCC2)CC1)N1CCC(n2c(=O)[nH]c3ccccc32)CC1. The Labute approximate surface area is 267 Å². The van der Waals surface area contributed by atoms with Crippen molar-refractivity contribution < 1.29 is 14.7 Å². The van der Waals surface area contributed by atoms with E-state index in [2.05, 4.69) is 47.1 Å². The summed E-state index contributed by atoms with van der Waals surface area (Å²) in [5.41, 5.74) is 2.38. The smallest absolute Gasteiger partial charge is 0.326 e. The largest absolute Gasteiger partial charge is 0.506 e. The highest BCUT2D eigenvalue weighted by Crippen LogP contribution is 2.34. The molecule has 0 unspecified atom stereocenters. The maximum Gasteiger partial charge on any atom is 0.326 e. The van der Waals surface area contributed by atoms with Crippen molar-refractivity contribution in [1.29, 1.82) is 0 Å². The summed E-state index contributed by atoms with van der Waals surface area (Å²) in [6, 6.07) is 10.7. The van der Waals surface area contributed by atoms with Gasteiger partial charge in [0.05, 0.1) is 20.0 Å². The summed E-state index contributed by atoms with van der Waals surface area (Å²) in [6.07, 6.45) is 6.00. The maximum atomic E-state index is 13.9. The van der Waals surface area contributed by atoms with Gasteiger partial charge in [-0.1, -0.05) is 12.1 Å². The third kappa shape index (κ3) is 6.51.